The van der Waals surface area contributed by atoms with Crippen LogP contribution in [0.5, 0.6) is 5.75 Å². The molecule has 1 N–H and O–H groups in total. The van der Waals surface area contributed by atoms with Crippen LogP contribution in [0.1, 0.15) is 16.7 Å². The van der Waals surface area contributed by atoms with Crippen molar-refractivity contribution >= 4 is 56.8 Å². The van der Waals surface area contributed by atoms with E-state index >= 15 is 0 Å². The number of para-hydroxylation sites is 1. The molecule has 0 spiro atoms. The highest BCUT2D eigenvalue weighted by Crippen LogP contribution is 2.29. The number of aryl methyl sites for hydroxylation is 1. The zero-order chi connectivity index (χ0) is 22.7. The summed E-state index contributed by atoms with van der Waals surface area (Å²) in [7, 11) is 0. The highest BCUT2D eigenvalue weighted by molar-refractivity contribution is 9.10. The first-order valence-corrected chi connectivity index (χ1v) is 11.1. The van der Waals surface area contributed by atoms with Crippen molar-refractivity contribution in [2.45, 2.75) is 13.5 Å². The van der Waals surface area contributed by atoms with Crippen LogP contribution >= 0.6 is 28.1 Å². The topological polar surface area (TPSA) is 58.6 Å². The van der Waals surface area contributed by atoms with Crippen LogP contribution in [-0.4, -0.2) is 16.9 Å². The first kappa shape index (κ1) is 21.9. The standard InChI is InChI=1S/C25H19BrN2O3S/c1-16-7-9-17(10-8-16)15-31-22-12-11-18(14-21(22)26)13-20-23(29)27-25(32)28(24(20)30)19-5-3-2-4-6-19/h2-14H,15H2,1H3,(H,27,29,32)/b20-13-. The predicted molar refractivity (Wildman–Crippen MR) is 132 cm³/mol. The number of hydrogen-bond donors (Lipinski definition) is 1. The lowest BCUT2D eigenvalue weighted by molar-refractivity contribution is -0.122. The SMILES string of the molecule is Cc1ccc(COc2ccc(/C=C3/C(=O)NC(=S)N(c4ccccc4)C3=O)cc2Br)cc1. The fourth-order valence-corrected chi connectivity index (χ4v) is 4.00. The molecule has 0 bridgehead atoms. The average molecular weight is 507 g/mol. The van der Waals surface area contributed by atoms with E-state index < -0.39 is 11.8 Å². The van der Waals surface area contributed by atoms with E-state index in [-0.39, 0.29) is 10.7 Å². The van der Waals surface area contributed by atoms with Gasteiger partial charge < -0.3 is 4.74 Å². The van der Waals surface area contributed by atoms with Gasteiger partial charge in [0.2, 0.25) is 0 Å². The van der Waals surface area contributed by atoms with E-state index in [1.54, 1.807) is 48.5 Å². The summed E-state index contributed by atoms with van der Waals surface area (Å²) in [6, 6.07) is 22.5. The molecule has 2 amide bonds. The minimum absolute atomic E-state index is 0.00248. The summed E-state index contributed by atoms with van der Waals surface area (Å²) < 4.78 is 6.62. The van der Waals surface area contributed by atoms with Crippen molar-refractivity contribution in [3.05, 3.63) is 99.5 Å². The summed E-state index contributed by atoms with van der Waals surface area (Å²) in [5.74, 6) is -0.331. The second kappa shape index (κ2) is 9.46. The number of halogens is 1. The van der Waals surface area contributed by atoms with Crippen molar-refractivity contribution in [2.24, 2.45) is 0 Å². The Morgan fingerprint density at radius 2 is 1.75 bits per heavy atom. The molecule has 0 unspecified atom stereocenters. The summed E-state index contributed by atoms with van der Waals surface area (Å²) in [6.45, 7) is 2.47. The second-order valence-corrected chi connectivity index (χ2v) is 8.50. The van der Waals surface area contributed by atoms with Crippen LogP contribution in [0.3, 0.4) is 0 Å². The van der Waals surface area contributed by atoms with E-state index in [1.165, 1.54) is 10.5 Å². The Balaban J connectivity index is 1.55. The fourth-order valence-electron chi connectivity index (χ4n) is 3.20. The monoisotopic (exact) mass is 506 g/mol. The number of rotatable bonds is 5. The maximum atomic E-state index is 13.1. The largest absolute Gasteiger partial charge is 0.488 e. The molecule has 5 nitrogen and oxygen atoms in total. The molecule has 0 saturated carbocycles. The van der Waals surface area contributed by atoms with Crippen LogP contribution in [0.15, 0.2) is 82.8 Å². The van der Waals surface area contributed by atoms with Crippen molar-refractivity contribution in [1.82, 2.24) is 5.32 Å². The predicted octanol–water partition coefficient (Wildman–Crippen LogP) is 5.17. The van der Waals surface area contributed by atoms with E-state index in [0.29, 0.717) is 23.6 Å². The fraction of sp³-hybridized carbons (Fsp3) is 0.0800. The van der Waals surface area contributed by atoms with Gasteiger partial charge >= 0.3 is 0 Å². The molecule has 0 atom stereocenters. The lowest BCUT2D eigenvalue weighted by atomic mass is 10.1. The van der Waals surface area contributed by atoms with Crippen LogP contribution in [0, 0.1) is 6.92 Å². The number of thiocarbonyl (C=S) groups is 1. The van der Waals surface area contributed by atoms with Crippen LogP contribution in [0.2, 0.25) is 0 Å². The summed E-state index contributed by atoms with van der Waals surface area (Å²) in [5.41, 5.74) is 3.53. The van der Waals surface area contributed by atoms with Gasteiger partial charge in [-0.25, -0.2) is 0 Å². The second-order valence-electron chi connectivity index (χ2n) is 7.26. The number of ether oxygens (including phenoxy) is 1. The van der Waals surface area contributed by atoms with Gasteiger partial charge in [-0.15, -0.1) is 0 Å². The van der Waals surface area contributed by atoms with Gasteiger partial charge in [-0.05, 0) is 76.5 Å². The normalized spacial score (nSPS) is 15.1. The Morgan fingerprint density at radius 1 is 1.03 bits per heavy atom. The van der Waals surface area contributed by atoms with Gasteiger partial charge in [-0.2, -0.15) is 0 Å². The molecule has 0 radical (unpaired) electrons. The van der Waals surface area contributed by atoms with Gasteiger partial charge in [0, 0.05) is 0 Å². The van der Waals surface area contributed by atoms with Crippen molar-refractivity contribution in [3.63, 3.8) is 0 Å². The highest BCUT2D eigenvalue weighted by atomic mass is 79.9. The summed E-state index contributed by atoms with van der Waals surface area (Å²) in [4.78, 5) is 26.9. The zero-order valence-electron chi connectivity index (χ0n) is 17.2. The minimum atomic E-state index is -0.525. The maximum Gasteiger partial charge on any atom is 0.270 e. The number of anilines is 1. The van der Waals surface area contributed by atoms with Crippen molar-refractivity contribution in [2.75, 3.05) is 4.90 Å². The van der Waals surface area contributed by atoms with Crippen LogP contribution in [0.25, 0.3) is 6.08 Å². The van der Waals surface area contributed by atoms with E-state index in [4.69, 9.17) is 17.0 Å². The molecule has 7 heteroatoms. The molecule has 1 aliphatic heterocycles. The van der Waals surface area contributed by atoms with Crippen molar-refractivity contribution in [3.8, 4) is 5.75 Å². The smallest absolute Gasteiger partial charge is 0.270 e. The minimum Gasteiger partial charge on any atom is -0.488 e. The number of nitrogens with one attached hydrogen (secondary N) is 1. The Morgan fingerprint density at radius 3 is 2.44 bits per heavy atom. The number of nitrogens with zero attached hydrogens (tertiary/aromatic N) is 1. The van der Waals surface area contributed by atoms with Gasteiger partial charge in [0.1, 0.15) is 17.9 Å². The van der Waals surface area contributed by atoms with Gasteiger partial charge in [0.05, 0.1) is 10.2 Å². The first-order chi connectivity index (χ1) is 15.4. The molecule has 1 heterocycles. The number of carbonyl (C=O) groups is 2. The molecule has 3 aromatic rings. The Labute approximate surface area is 199 Å². The molecule has 0 aliphatic carbocycles. The molecule has 32 heavy (non-hydrogen) atoms. The van der Waals surface area contributed by atoms with Crippen LogP contribution in [-0.2, 0) is 16.2 Å². The number of amides is 2. The molecular formula is C25H19BrN2O3S. The third-order valence-electron chi connectivity index (χ3n) is 4.90. The number of hydrogen-bond acceptors (Lipinski definition) is 4. The zero-order valence-corrected chi connectivity index (χ0v) is 19.6. The van der Waals surface area contributed by atoms with E-state index in [2.05, 4.69) is 21.2 Å². The van der Waals surface area contributed by atoms with Gasteiger partial charge in [-0.3, -0.25) is 19.8 Å². The Kier molecular flexibility index (Phi) is 6.48. The van der Waals surface area contributed by atoms with Crippen molar-refractivity contribution in [1.29, 1.82) is 0 Å². The molecule has 3 aromatic carbocycles. The third kappa shape index (κ3) is 4.79. The summed E-state index contributed by atoms with van der Waals surface area (Å²) in [5, 5.41) is 2.65. The molecule has 160 valence electrons. The number of benzene rings is 3. The van der Waals surface area contributed by atoms with Gasteiger partial charge in [-0.1, -0.05) is 54.1 Å². The third-order valence-corrected chi connectivity index (χ3v) is 5.80. The van der Waals surface area contributed by atoms with Gasteiger partial charge in [0.15, 0.2) is 5.11 Å². The first-order valence-electron chi connectivity index (χ1n) is 9.87. The van der Waals surface area contributed by atoms with E-state index in [0.717, 1.165) is 10.0 Å². The molecular weight excluding hydrogens is 488 g/mol. The molecule has 1 saturated heterocycles. The van der Waals surface area contributed by atoms with Crippen LogP contribution < -0.4 is 15.0 Å². The molecule has 1 fully saturated rings. The summed E-state index contributed by atoms with van der Waals surface area (Å²) in [6.07, 6.45) is 1.55. The quantitative estimate of drug-likeness (QED) is 0.294. The Bertz CT molecular complexity index is 1220. The lowest BCUT2D eigenvalue weighted by Gasteiger charge is -2.28. The molecule has 0 aromatic heterocycles. The molecule has 4 rings (SSSR count). The lowest BCUT2D eigenvalue weighted by Crippen LogP contribution is -2.54. The van der Waals surface area contributed by atoms with E-state index in [9.17, 15) is 9.59 Å². The number of carbonyl (C=O) groups excluding carboxylic acids is 2. The molecule has 1 aliphatic rings. The summed E-state index contributed by atoms with van der Waals surface area (Å²) >= 11 is 8.73. The van der Waals surface area contributed by atoms with Crippen LogP contribution in [0.4, 0.5) is 5.69 Å². The van der Waals surface area contributed by atoms with Gasteiger partial charge in [0.25, 0.3) is 11.8 Å². The van der Waals surface area contributed by atoms with Crippen molar-refractivity contribution < 1.29 is 14.3 Å². The highest BCUT2D eigenvalue weighted by Gasteiger charge is 2.34. The Hall–Kier alpha value is -3.29. The maximum absolute atomic E-state index is 13.1. The van der Waals surface area contributed by atoms with E-state index in [1.807, 2.05) is 37.3 Å². The average Bonchev–Trinajstić information content (AvgIpc) is 2.78.